The molecule has 0 aromatic heterocycles. The fraction of sp³-hybridized carbons (Fsp3) is 0.846. The number of rotatable bonds is 11. The minimum Gasteiger partial charge on any atom is -0.385 e. The van der Waals surface area contributed by atoms with Gasteiger partial charge < -0.3 is 4.74 Å². The highest BCUT2D eigenvalue weighted by Gasteiger charge is 2.22. The van der Waals surface area contributed by atoms with Gasteiger partial charge in [-0.1, -0.05) is 20.8 Å². The number of methoxy groups -OCH3 is 1. The van der Waals surface area contributed by atoms with Crippen molar-refractivity contribution in [3.8, 4) is 0 Å². The van der Waals surface area contributed by atoms with Crippen molar-refractivity contribution in [2.24, 2.45) is 5.92 Å². The fourth-order valence-corrected chi connectivity index (χ4v) is 2.00. The van der Waals surface area contributed by atoms with Gasteiger partial charge in [-0.05, 0) is 6.42 Å². The molecule has 7 nitrogen and oxygen atoms in total. The van der Waals surface area contributed by atoms with Crippen molar-refractivity contribution in [1.82, 2.24) is 9.79 Å². The van der Waals surface area contributed by atoms with Gasteiger partial charge in [-0.3, -0.25) is 9.63 Å². The molecule has 1 amide bonds. The third-order valence-electron chi connectivity index (χ3n) is 2.59. The second kappa shape index (κ2) is 10.1. The third-order valence-corrected chi connectivity index (χ3v) is 3.29. The van der Waals surface area contributed by atoms with Gasteiger partial charge in [-0.25, -0.2) is 18.2 Å². The molecule has 0 spiro atoms. The topological polar surface area (TPSA) is 84.9 Å². The first-order valence-electron chi connectivity index (χ1n) is 6.92. The second-order valence-corrected chi connectivity index (χ2v) is 6.91. The lowest BCUT2D eigenvalue weighted by Crippen LogP contribution is -2.42. The monoisotopic (exact) mass is 323 g/mol. The molecule has 0 heterocycles. The lowest BCUT2D eigenvalue weighted by Gasteiger charge is -2.28. The molecule has 0 aliphatic rings. The van der Waals surface area contributed by atoms with E-state index in [1.54, 1.807) is 21.0 Å². The molecule has 0 rings (SSSR count). The van der Waals surface area contributed by atoms with Crippen LogP contribution in [0, 0.1) is 12.8 Å². The van der Waals surface area contributed by atoms with Crippen molar-refractivity contribution in [3.63, 3.8) is 0 Å². The van der Waals surface area contributed by atoms with Crippen LogP contribution in [0.4, 0.5) is 0 Å². The van der Waals surface area contributed by atoms with Gasteiger partial charge >= 0.3 is 0 Å². The molecule has 0 bridgehead atoms. The summed E-state index contributed by atoms with van der Waals surface area (Å²) in [5.74, 6) is -0.358. The van der Waals surface area contributed by atoms with E-state index >= 15 is 0 Å². The molecule has 0 aromatic carbocycles. The second-order valence-electron chi connectivity index (χ2n) is 5.08. The normalized spacial score (nSPS) is 13.4. The zero-order valence-electron chi connectivity index (χ0n) is 13.3. The van der Waals surface area contributed by atoms with Gasteiger partial charge in [0.1, 0.15) is 6.10 Å². The van der Waals surface area contributed by atoms with Crippen LogP contribution >= 0.6 is 0 Å². The number of carbonyl (C=O) groups excluding carboxylic acids is 1. The zero-order valence-corrected chi connectivity index (χ0v) is 14.1. The highest BCUT2D eigenvalue weighted by atomic mass is 32.2. The summed E-state index contributed by atoms with van der Waals surface area (Å²) in [6, 6.07) is 0. The summed E-state index contributed by atoms with van der Waals surface area (Å²) < 4.78 is 29.7. The molecule has 0 aliphatic heterocycles. The molecule has 0 fully saturated rings. The number of nitrogens with zero attached hydrogens (tertiary/aromatic N) is 1. The largest absolute Gasteiger partial charge is 0.385 e. The van der Waals surface area contributed by atoms with E-state index in [4.69, 9.17) is 9.57 Å². The summed E-state index contributed by atoms with van der Waals surface area (Å²) in [5, 5.41) is 1.27. The maximum absolute atomic E-state index is 12.0. The predicted molar refractivity (Wildman–Crippen MR) is 80.7 cm³/mol. The Kier molecular flexibility index (Phi) is 9.76. The molecule has 1 N–H and O–H groups in total. The molecular formula is C13H27N2O5S. The number of hydrogen-bond donors (Lipinski definition) is 1. The van der Waals surface area contributed by atoms with Crippen molar-refractivity contribution in [2.45, 2.75) is 32.8 Å². The quantitative estimate of drug-likeness (QED) is 0.562. The number of hydrogen-bond acceptors (Lipinski definition) is 5. The standard InChI is InChI=1S/C13H27N2O5S/c1-6-8-15(13(16)11(2)3)20-12(7-9-19-4)10-14-21(5,17)18/h11-12,14H,1,6-10H2,2-5H3. The Morgan fingerprint density at radius 1 is 1.38 bits per heavy atom. The smallest absolute Gasteiger partial charge is 0.248 e. The van der Waals surface area contributed by atoms with Crippen molar-refractivity contribution < 1.29 is 22.8 Å². The molecule has 1 radical (unpaired) electrons. The van der Waals surface area contributed by atoms with Gasteiger partial charge in [-0.15, -0.1) is 0 Å². The minimum atomic E-state index is -3.32. The van der Waals surface area contributed by atoms with Crippen LogP contribution in [0.5, 0.6) is 0 Å². The summed E-state index contributed by atoms with van der Waals surface area (Å²) in [7, 11) is -1.77. The van der Waals surface area contributed by atoms with Crippen LogP contribution in [0.15, 0.2) is 0 Å². The summed E-state index contributed by atoms with van der Waals surface area (Å²) in [5.41, 5.74) is 0. The van der Waals surface area contributed by atoms with Crippen LogP contribution < -0.4 is 4.72 Å². The first kappa shape index (κ1) is 20.3. The third kappa shape index (κ3) is 9.78. The number of carbonyl (C=O) groups is 1. The van der Waals surface area contributed by atoms with Gasteiger partial charge in [0.25, 0.3) is 0 Å². The van der Waals surface area contributed by atoms with E-state index in [1.165, 1.54) is 5.06 Å². The highest BCUT2D eigenvalue weighted by Crippen LogP contribution is 2.09. The Balaban J connectivity index is 4.74. The maximum atomic E-state index is 12.0. The van der Waals surface area contributed by atoms with Crippen LogP contribution in [0.2, 0.25) is 0 Å². The molecular weight excluding hydrogens is 296 g/mol. The Bertz CT molecular complexity index is 397. The number of ether oxygens (including phenoxy) is 1. The van der Waals surface area contributed by atoms with Crippen LogP contribution in [0.25, 0.3) is 0 Å². The zero-order chi connectivity index (χ0) is 16.5. The molecule has 1 unspecified atom stereocenters. The molecule has 21 heavy (non-hydrogen) atoms. The van der Waals surface area contributed by atoms with Crippen molar-refractivity contribution in [2.75, 3.05) is 33.1 Å². The summed E-state index contributed by atoms with van der Waals surface area (Å²) in [4.78, 5) is 17.7. The van der Waals surface area contributed by atoms with E-state index in [0.29, 0.717) is 26.0 Å². The van der Waals surface area contributed by atoms with Crippen LogP contribution in [-0.2, 0) is 24.4 Å². The molecule has 125 valence electrons. The van der Waals surface area contributed by atoms with E-state index in [2.05, 4.69) is 11.6 Å². The Morgan fingerprint density at radius 3 is 2.43 bits per heavy atom. The van der Waals surface area contributed by atoms with Crippen LogP contribution in [0.1, 0.15) is 26.7 Å². The van der Waals surface area contributed by atoms with Gasteiger partial charge in [0.15, 0.2) is 0 Å². The first-order valence-corrected chi connectivity index (χ1v) is 8.81. The SMILES string of the molecule is [CH2]CCN(OC(CCOC)CNS(C)(=O)=O)C(=O)C(C)C. The van der Waals surface area contributed by atoms with E-state index < -0.39 is 16.1 Å². The molecule has 8 heteroatoms. The molecule has 0 aliphatic carbocycles. The number of hydroxylamine groups is 2. The van der Waals surface area contributed by atoms with Crippen molar-refractivity contribution in [1.29, 1.82) is 0 Å². The highest BCUT2D eigenvalue weighted by molar-refractivity contribution is 7.88. The van der Waals surface area contributed by atoms with E-state index in [0.717, 1.165) is 6.26 Å². The Hall–Kier alpha value is -0.700. The predicted octanol–water partition coefficient (Wildman–Crippen LogP) is 0.581. The van der Waals surface area contributed by atoms with Crippen molar-refractivity contribution >= 4 is 15.9 Å². The molecule has 0 saturated heterocycles. The Labute approximate surface area is 128 Å². The molecule has 0 aromatic rings. The summed E-state index contributed by atoms with van der Waals surface area (Å²) in [6.07, 6.45) is 1.58. The van der Waals surface area contributed by atoms with E-state index in [-0.39, 0.29) is 18.4 Å². The summed E-state index contributed by atoms with van der Waals surface area (Å²) in [6.45, 7) is 8.12. The fourth-order valence-electron chi connectivity index (χ4n) is 1.51. The average molecular weight is 323 g/mol. The van der Waals surface area contributed by atoms with Crippen molar-refractivity contribution in [3.05, 3.63) is 6.92 Å². The van der Waals surface area contributed by atoms with Gasteiger partial charge in [0.05, 0.1) is 6.26 Å². The number of nitrogens with one attached hydrogen (secondary N) is 1. The maximum Gasteiger partial charge on any atom is 0.248 e. The van der Waals surface area contributed by atoms with Crippen LogP contribution in [-0.4, -0.2) is 58.6 Å². The minimum absolute atomic E-state index is 0.0845. The average Bonchev–Trinajstić information content (AvgIpc) is 2.38. The lowest BCUT2D eigenvalue weighted by molar-refractivity contribution is -0.210. The molecule has 1 atom stereocenters. The Morgan fingerprint density at radius 2 is 2.00 bits per heavy atom. The summed E-state index contributed by atoms with van der Waals surface area (Å²) >= 11 is 0. The lowest BCUT2D eigenvalue weighted by atomic mass is 10.2. The van der Waals surface area contributed by atoms with Gasteiger partial charge in [-0.2, -0.15) is 0 Å². The van der Waals surface area contributed by atoms with E-state index in [9.17, 15) is 13.2 Å². The number of amides is 1. The van der Waals surface area contributed by atoms with Crippen LogP contribution in [0.3, 0.4) is 0 Å². The number of sulfonamides is 1. The molecule has 0 saturated carbocycles. The van der Waals surface area contributed by atoms with E-state index in [1.807, 2.05) is 0 Å². The first-order chi connectivity index (χ1) is 9.71. The van der Waals surface area contributed by atoms with Gasteiger partial charge in [0.2, 0.25) is 15.9 Å². The van der Waals surface area contributed by atoms with Gasteiger partial charge in [0, 0.05) is 39.1 Å².